The van der Waals surface area contributed by atoms with Gasteiger partial charge in [-0.15, -0.1) is 0 Å². The van der Waals surface area contributed by atoms with Gasteiger partial charge in [0.2, 0.25) is 5.91 Å². The van der Waals surface area contributed by atoms with Crippen LogP contribution < -0.4 is 0 Å². The molecule has 0 aliphatic carbocycles. The molecule has 1 aromatic carbocycles. The number of nitrogens with zero attached hydrogens (tertiary/aromatic N) is 1. The number of rotatable bonds is 3. The molecule has 116 valence electrons. The van der Waals surface area contributed by atoms with Gasteiger partial charge in [0.15, 0.2) is 0 Å². The summed E-state index contributed by atoms with van der Waals surface area (Å²) in [7, 11) is 0. The second kappa shape index (κ2) is 5.12. The number of benzene rings is 1. The van der Waals surface area contributed by atoms with Crippen molar-refractivity contribution in [1.82, 2.24) is 9.88 Å². The van der Waals surface area contributed by atoms with Gasteiger partial charge in [0, 0.05) is 30.2 Å². The van der Waals surface area contributed by atoms with Crippen molar-refractivity contribution in [3.8, 4) is 0 Å². The first-order valence-electron chi connectivity index (χ1n) is 7.16. The second-order valence-electron chi connectivity index (χ2n) is 6.11. The van der Waals surface area contributed by atoms with E-state index < -0.39 is 11.4 Å². The lowest BCUT2D eigenvalue weighted by atomic mass is 9.90. The van der Waals surface area contributed by atoms with Crippen LogP contribution in [0.1, 0.15) is 18.9 Å². The number of H-pyrrole nitrogens is 1. The van der Waals surface area contributed by atoms with Crippen molar-refractivity contribution in [2.75, 3.05) is 13.1 Å². The van der Waals surface area contributed by atoms with Gasteiger partial charge in [0.05, 0.1) is 11.8 Å². The van der Waals surface area contributed by atoms with E-state index in [1.165, 1.54) is 12.1 Å². The van der Waals surface area contributed by atoms with Crippen LogP contribution in [0.5, 0.6) is 0 Å². The van der Waals surface area contributed by atoms with Crippen molar-refractivity contribution in [3.63, 3.8) is 0 Å². The van der Waals surface area contributed by atoms with Crippen LogP contribution in [-0.2, 0) is 16.0 Å². The molecule has 5 nitrogen and oxygen atoms in total. The van der Waals surface area contributed by atoms with Crippen LogP contribution in [0.25, 0.3) is 10.9 Å². The van der Waals surface area contributed by atoms with E-state index >= 15 is 0 Å². The maximum Gasteiger partial charge on any atom is 0.311 e. The molecular weight excluding hydrogens is 287 g/mol. The number of carbonyl (C=O) groups is 2. The highest BCUT2D eigenvalue weighted by molar-refractivity contribution is 5.89. The third-order valence-corrected chi connectivity index (χ3v) is 4.41. The highest BCUT2D eigenvalue weighted by Gasteiger charge is 2.41. The Bertz CT molecular complexity index is 755. The summed E-state index contributed by atoms with van der Waals surface area (Å²) in [6.07, 6.45) is 2.35. The monoisotopic (exact) mass is 304 g/mol. The molecule has 1 aliphatic heterocycles. The first-order valence-corrected chi connectivity index (χ1v) is 7.16. The van der Waals surface area contributed by atoms with Gasteiger partial charge < -0.3 is 15.0 Å². The van der Waals surface area contributed by atoms with Gasteiger partial charge in [-0.3, -0.25) is 9.59 Å². The molecule has 0 unspecified atom stereocenters. The van der Waals surface area contributed by atoms with Crippen molar-refractivity contribution in [2.24, 2.45) is 5.41 Å². The van der Waals surface area contributed by atoms with E-state index in [-0.39, 0.29) is 24.7 Å². The van der Waals surface area contributed by atoms with Crippen LogP contribution in [0.15, 0.2) is 24.4 Å². The molecule has 0 spiro atoms. The molecule has 6 heteroatoms. The summed E-state index contributed by atoms with van der Waals surface area (Å²) in [4.78, 5) is 28.2. The first kappa shape index (κ1) is 14.6. The highest BCUT2D eigenvalue weighted by atomic mass is 19.1. The zero-order valence-corrected chi connectivity index (χ0v) is 12.2. The quantitative estimate of drug-likeness (QED) is 0.912. The summed E-state index contributed by atoms with van der Waals surface area (Å²) in [5.41, 5.74) is 0.586. The number of amides is 1. The number of halogens is 1. The number of carbonyl (C=O) groups excluding carboxylic acids is 1. The predicted octanol–water partition coefficient (Wildman–Crippen LogP) is 2.17. The Hall–Kier alpha value is -2.37. The van der Waals surface area contributed by atoms with Gasteiger partial charge in [-0.05, 0) is 37.1 Å². The summed E-state index contributed by atoms with van der Waals surface area (Å²) in [5, 5.41) is 10.0. The third-order valence-electron chi connectivity index (χ3n) is 4.41. The van der Waals surface area contributed by atoms with Crippen molar-refractivity contribution >= 4 is 22.8 Å². The molecular formula is C16H17FN2O3. The number of aromatic amines is 1. The minimum Gasteiger partial charge on any atom is -0.481 e. The van der Waals surface area contributed by atoms with Gasteiger partial charge in [-0.1, -0.05) is 0 Å². The fraction of sp³-hybridized carbons (Fsp3) is 0.375. The van der Waals surface area contributed by atoms with Crippen molar-refractivity contribution < 1.29 is 19.1 Å². The number of carboxylic acids is 1. The molecule has 3 rings (SSSR count). The Morgan fingerprint density at radius 2 is 2.23 bits per heavy atom. The minimum absolute atomic E-state index is 0.102. The van der Waals surface area contributed by atoms with Gasteiger partial charge in [-0.2, -0.15) is 0 Å². The normalized spacial score (nSPS) is 21.5. The summed E-state index contributed by atoms with van der Waals surface area (Å²) < 4.78 is 13.2. The Balaban J connectivity index is 1.76. The van der Waals surface area contributed by atoms with E-state index in [4.69, 9.17) is 0 Å². The molecule has 2 N–H and O–H groups in total. The molecule has 0 saturated carbocycles. The molecule has 1 aliphatic rings. The Morgan fingerprint density at radius 1 is 1.45 bits per heavy atom. The average molecular weight is 304 g/mol. The lowest BCUT2D eigenvalue weighted by Crippen LogP contribution is -2.35. The Labute approximate surface area is 126 Å². The summed E-state index contributed by atoms with van der Waals surface area (Å²) >= 11 is 0. The molecule has 1 atom stereocenters. The summed E-state index contributed by atoms with van der Waals surface area (Å²) in [5.74, 6) is -1.30. The molecule has 0 radical (unpaired) electrons. The summed E-state index contributed by atoms with van der Waals surface area (Å²) in [6.45, 7) is 2.36. The Morgan fingerprint density at radius 3 is 2.91 bits per heavy atom. The van der Waals surface area contributed by atoms with Crippen molar-refractivity contribution in [2.45, 2.75) is 19.8 Å². The van der Waals surface area contributed by atoms with E-state index in [1.807, 2.05) is 0 Å². The summed E-state index contributed by atoms with van der Waals surface area (Å²) in [6, 6.07) is 4.40. The van der Waals surface area contributed by atoms with Crippen LogP contribution in [0.4, 0.5) is 4.39 Å². The van der Waals surface area contributed by atoms with Crippen LogP contribution in [-0.4, -0.2) is 40.0 Å². The number of hydrogen-bond acceptors (Lipinski definition) is 2. The van der Waals surface area contributed by atoms with E-state index in [0.717, 1.165) is 10.9 Å². The number of carboxylic acid groups (broad SMARTS) is 1. The van der Waals surface area contributed by atoms with E-state index in [1.54, 1.807) is 24.1 Å². The largest absolute Gasteiger partial charge is 0.481 e. The zero-order valence-electron chi connectivity index (χ0n) is 12.2. The SMILES string of the molecule is C[C@@]1(C(=O)O)CCN(C(=O)Cc2c[nH]c3cc(F)ccc23)C1. The van der Waals surface area contributed by atoms with Gasteiger partial charge >= 0.3 is 5.97 Å². The molecule has 22 heavy (non-hydrogen) atoms. The van der Waals surface area contributed by atoms with Crippen LogP contribution in [0, 0.1) is 11.2 Å². The van der Waals surface area contributed by atoms with Crippen LogP contribution in [0.2, 0.25) is 0 Å². The lowest BCUT2D eigenvalue weighted by Gasteiger charge is -2.20. The molecule has 2 aromatic rings. The third kappa shape index (κ3) is 2.45. The first-order chi connectivity index (χ1) is 10.4. The van der Waals surface area contributed by atoms with E-state index in [2.05, 4.69) is 4.98 Å². The van der Waals surface area contributed by atoms with Gasteiger partial charge in [0.1, 0.15) is 5.82 Å². The van der Waals surface area contributed by atoms with Crippen molar-refractivity contribution in [1.29, 1.82) is 0 Å². The fourth-order valence-corrected chi connectivity index (χ4v) is 2.93. The number of nitrogens with one attached hydrogen (secondary N) is 1. The molecule has 0 bridgehead atoms. The number of aliphatic carboxylic acids is 1. The van der Waals surface area contributed by atoms with Crippen LogP contribution >= 0.6 is 0 Å². The lowest BCUT2D eigenvalue weighted by molar-refractivity contribution is -0.147. The average Bonchev–Trinajstić information content (AvgIpc) is 3.04. The molecule has 1 aromatic heterocycles. The molecule has 2 heterocycles. The minimum atomic E-state index is -0.870. The highest BCUT2D eigenvalue weighted by Crippen LogP contribution is 2.31. The van der Waals surface area contributed by atoms with Gasteiger partial charge in [0.25, 0.3) is 0 Å². The number of hydrogen-bond donors (Lipinski definition) is 2. The smallest absolute Gasteiger partial charge is 0.311 e. The number of aromatic nitrogens is 1. The topological polar surface area (TPSA) is 73.4 Å². The van der Waals surface area contributed by atoms with Crippen molar-refractivity contribution in [3.05, 3.63) is 35.8 Å². The Kier molecular flexibility index (Phi) is 3.39. The fourth-order valence-electron chi connectivity index (χ4n) is 2.93. The molecule has 1 saturated heterocycles. The number of likely N-dealkylation sites (tertiary alicyclic amines) is 1. The van der Waals surface area contributed by atoms with E-state index in [9.17, 15) is 19.1 Å². The van der Waals surface area contributed by atoms with Crippen LogP contribution in [0.3, 0.4) is 0 Å². The number of fused-ring (bicyclic) bond motifs is 1. The predicted molar refractivity (Wildman–Crippen MR) is 78.9 cm³/mol. The second-order valence-corrected chi connectivity index (χ2v) is 6.11. The maximum absolute atomic E-state index is 13.2. The van der Waals surface area contributed by atoms with Gasteiger partial charge in [-0.25, -0.2) is 4.39 Å². The molecule has 1 fully saturated rings. The maximum atomic E-state index is 13.2. The zero-order chi connectivity index (χ0) is 15.9. The molecule has 1 amide bonds. The standard InChI is InChI=1S/C16H17FN2O3/c1-16(15(21)22)4-5-19(9-16)14(20)6-10-8-18-13-7-11(17)2-3-12(10)13/h2-3,7-8,18H,4-6,9H2,1H3,(H,21,22)/t16-/m1/s1. The van der Waals surface area contributed by atoms with E-state index in [0.29, 0.717) is 18.5 Å².